The fraction of sp³-hybridized carbons (Fsp3) is 0.500. The Balaban J connectivity index is 2.12. The number of alkyl halides is 1. The molecule has 7 heteroatoms. The van der Waals surface area contributed by atoms with Gasteiger partial charge in [-0.2, -0.15) is 0 Å². The Kier molecular flexibility index (Phi) is 5.37. The number of nitro groups is 1. The van der Waals surface area contributed by atoms with E-state index in [-0.39, 0.29) is 11.6 Å². The number of carbonyl (C=O) groups excluding carboxylic acids is 1. The zero-order valence-corrected chi connectivity index (χ0v) is 14.8. The molecule has 0 N–H and O–H groups in total. The second kappa shape index (κ2) is 6.87. The van der Waals surface area contributed by atoms with Gasteiger partial charge >= 0.3 is 0 Å². The maximum absolute atomic E-state index is 12.5. The summed E-state index contributed by atoms with van der Waals surface area (Å²) in [6, 6.07) is 4.37. The molecule has 21 heavy (non-hydrogen) atoms. The third-order valence-corrected chi connectivity index (χ3v) is 5.02. The van der Waals surface area contributed by atoms with Crippen LogP contribution in [0.2, 0.25) is 0 Å². The fourth-order valence-electron chi connectivity index (χ4n) is 2.55. The van der Waals surface area contributed by atoms with Crippen molar-refractivity contribution in [3.8, 4) is 0 Å². The Morgan fingerprint density at radius 2 is 2.00 bits per heavy atom. The lowest BCUT2D eigenvalue weighted by atomic mass is 9.94. The topological polar surface area (TPSA) is 63.5 Å². The Bertz CT molecular complexity index is 555. The van der Waals surface area contributed by atoms with Crippen molar-refractivity contribution >= 4 is 43.5 Å². The summed E-state index contributed by atoms with van der Waals surface area (Å²) >= 11 is 6.81. The molecule has 1 aromatic carbocycles. The van der Waals surface area contributed by atoms with Gasteiger partial charge in [-0.3, -0.25) is 14.9 Å². The maximum Gasteiger partial charge on any atom is 0.271 e. The monoisotopic (exact) mass is 418 g/mol. The quantitative estimate of drug-likeness (QED) is 0.422. The molecule has 1 amide bonds. The molecule has 114 valence electrons. The zero-order chi connectivity index (χ0) is 15.6. The molecule has 1 aliphatic heterocycles. The molecule has 1 aromatic rings. The standard InChI is InChI=1S/C14H16Br2N2O3/c1-9(15)10-2-4-17(5-3-10)14(19)11-6-12(16)8-13(7-11)18(20)21/h6-10H,2-5H2,1H3. The molecule has 5 nitrogen and oxygen atoms in total. The van der Waals surface area contributed by atoms with Crippen LogP contribution in [0.5, 0.6) is 0 Å². The molecule has 1 aliphatic rings. The zero-order valence-electron chi connectivity index (χ0n) is 11.6. The van der Waals surface area contributed by atoms with Gasteiger partial charge in [-0.1, -0.05) is 38.8 Å². The normalized spacial score (nSPS) is 17.6. The van der Waals surface area contributed by atoms with Crippen LogP contribution in [0.15, 0.2) is 22.7 Å². The molecule has 1 fully saturated rings. The molecule has 0 spiro atoms. The van der Waals surface area contributed by atoms with Crippen molar-refractivity contribution in [1.29, 1.82) is 0 Å². The van der Waals surface area contributed by atoms with E-state index >= 15 is 0 Å². The first-order valence-corrected chi connectivity index (χ1v) is 8.47. The van der Waals surface area contributed by atoms with Gasteiger partial charge in [-0.05, 0) is 24.8 Å². The van der Waals surface area contributed by atoms with Crippen molar-refractivity contribution in [2.24, 2.45) is 5.92 Å². The lowest BCUT2D eigenvalue weighted by Gasteiger charge is -2.33. The first kappa shape index (κ1) is 16.4. The molecule has 1 atom stereocenters. The highest BCUT2D eigenvalue weighted by Crippen LogP contribution is 2.27. The summed E-state index contributed by atoms with van der Waals surface area (Å²) in [6.07, 6.45) is 1.91. The predicted molar refractivity (Wildman–Crippen MR) is 87.8 cm³/mol. The van der Waals surface area contributed by atoms with Gasteiger partial charge in [-0.25, -0.2) is 0 Å². The molecule has 0 aromatic heterocycles. The van der Waals surface area contributed by atoms with E-state index in [1.165, 1.54) is 12.1 Å². The molecule has 0 radical (unpaired) electrons. The lowest BCUT2D eigenvalue weighted by Crippen LogP contribution is -2.40. The third-order valence-electron chi connectivity index (χ3n) is 3.82. The van der Waals surface area contributed by atoms with Gasteiger partial charge in [0, 0.05) is 40.1 Å². The van der Waals surface area contributed by atoms with E-state index < -0.39 is 4.92 Å². The van der Waals surface area contributed by atoms with Crippen LogP contribution in [0.3, 0.4) is 0 Å². The van der Waals surface area contributed by atoms with Gasteiger partial charge in [0.15, 0.2) is 0 Å². The second-order valence-corrected chi connectivity index (χ2v) is 7.62. The minimum Gasteiger partial charge on any atom is -0.339 e. The van der Waals surface area contributed by atoms with E-state index in [9.17, 15) is 14.9 Å². The van der Waals surface area contributed by atoms with E-state index in [4.69, 9.17) is 0 Å². The number of nitro benzene ring substituents is 1. The number of nitrogens with zero attached hydrogens (tertiary/aromatic N) is 2. The van der Waals surface area contributed by atoms with Crippen LogP contribution in [0.1, 0.15) is 30.1 Å². The van der Waals surface area contributed by atoms with Crippen molar-refractivity contribution in [3.63, 3.8) is 0 Å². The number of hydrogen-bond acceptors (Lipinski definition) is 3. The number of benzene rings is 1. The van der Waals surface area contributed by atoms with Crippen LogP contribution in [-0.2, 0) is 0 Å². The number of amides is 1. The van der Waals surface area contributed by atoms with Crippen LogP contribution >= 0.6 is 31.9 Å². The smallest absolute Gasteiger partial charge is 0.271 e. The number of hydrogen-bond donors (Lipinski definition) is 0. The Hall–Kier alpha value is -0.950. The number of piperidine rings is 1. The Morgan fingerprint density at radius 3 is 2.52 bits per heavy atom. The molecule has 0 bridgehead atoms. The van der Waals surface area contributed by atoms with Crippen molar-refractivity contribution in [1.82, 2.24) is 4.90 Å². The predicted octanol–water partition coefficient (Wildman–Crippen LogP) is 3.99. The number of carbonyl (C=O) groups is 1. The number of non-ortho nitro benzene ring substituents is 1. The summed E-state index contributed by atoms with van der Waals surface area (Å²) in [6.45, 7) is 3.51. The highest BCUT2D eigenvalue weighted by molar-refractivity contribution is 9.10. The van der Waals surface area contributed by atoms with Gasteiger partial charge in [0.25, 0.3) is 11.6 Å². The molecule has 2 rings (SSSR count). The van der Waals surface area contributed by atoms with Crippen molar-refractivity contribution in [2.45, 2.75) is 24.6 Å². The SMILES string of the molecule is CC(Br)C1CCN(C(=O)c2cc(Br)cc([N+](=O)[O-])c2)CC1. The largest absolute Gasteiger partial charge is 0.339 e. The van der Waals surface area contributed by atoms with Crippen LogP contribution in [0.4, 0.5) is 5.69 Å². The van der Waals surface area contributed by atoms with Crippen molar-refractivity contribution in [2.75, 3.05) is 13.1 Å². The molecule has 0 aliphatic carbocycles. The molecule has 0 saturated carbocycles. The minimum atomic E-state index is -0.486. The number of likely N-dealkylation sites (tertiary alicyclic amines) is 1. The highest BCUT2D eigenvalue weighted by Gasteiger charge is 2.26. The van der Waals surface area contributed by atoms with E-state index in [2.05, 4.69) is 38.8 Å². The first-order chi connectivity index (χ1) is 9.88. The number of halogens is 2. The first-order valence-electron chi connectivity index (χ1n) is 6.77. The average molecular weight is 420 g/mol. The summed E-state index contributed by atoms with van der Waals surface area (Å²) in [5.74, 6) is 0.436. The molecular formula is C14H16Br2N2O3. The van der Waals surface area contributed by atoms with Gasteiger partial charge < -0.3 is 4.90 Å². The third kappa shape index (κ3) is 4.03. The maximum atomic E-state index is 12.5. The van der Waals surface area contributed by atoms with Gasteiger partial charge in [-0.15, -0.1) is 0 Å². The summed E-state index contributed by atoms with van der Waals surface area (Å²) in [7, 11) is 0. The van der Waals surface area contributed by atoms with E-state index in [1.54, 1.807) is 11.0 Å². The summed E-state index contributed by atoms with van der Waals surface area (Å²) in [5.41, 5.74) is 0.290. The van der Waals surface area contributed by atoms with Crippen molar-refractivity contribution in [3.05, 3.63) is 38.3 Å². The summed E-state index contributed by atoms with van der Waals surface area (Å²) < 4.78 is 0.545. The summed E-state index contributed by atoms with van der Waals surface area (Å²) in [5, 5.41) is 10.9. The minimum absolute atomic E-state index is 0.0725. The van der Waals surface area contributed by atoms with Crippen molar-refractivity contribution < 1.29 is 9.72 Å². The average Bonchev–Trinajstić information content (AvgIpc) is 2.45. The highest BCUT2D eigenvalue weighted by atomic mass is 79.9. The lowest BCUT2D eigenvalue weighted by molar-refractivity contribution is -0.385. The van der Waals surface area contributed by atoms with Crippen LogP contribution in [-0.4, -0.2) is 33.6 Å². The van der Waals surface area contributed by atoms with Gasteiger partial charge in [0.1, 0.15) is 0 Å². The second-order valence-electron chi connectivity index (χ2n) is 5.26. The van der Waals surface area contributed by atoms with E-state index in [0.29, 0.717) is 33.9 Å². The Morgan fingerprint density at radius 1 is 1.38 bits per heavy atom. The van der Waals surface area contributed by atoms with Gasteiger partial charge in [0.2, 0.25) is 0 Å². The summed E-state index contributed by atoms with van der Waals surface area (Å²) in [4.78, 5) is 25.1. The number of rotatable bonds is 3. The molecule has 1 saturated heterocycles. The van der Waals surface area contributed by atoms with E-state index in [1.807, 2.05) is 0 Å². The van der Waals surface area contributed by atoms with Crippen LogP contribution in [0.25, 0.3) is 0 Å². The van der Waals surface area contributed by atoms with Crippen LogP contribution in [0, 0.1) is 16.0 Å². The van der Waals surface area contributed by atoms with E-state index in [0.717, 1.165) is 12.8 Å². The molecular weight excluding hydrogens is 404 g/mol. The molecule has 1 unspecified atom stereocenters. The molecule has 1 heterocycles. The van der Waals surface area contributed by atoms with Crippen LogP contribution < -0.4 is 0 Å². The fourth-order valence-corrected chi connectivity index (χ4v) is 3.56. The van der Waals surface area contributed by atoms with Gasteiger partial charge in [0.05, 0.1) is 4.92 Å². The Labute approximate surface area is 140 Å².